The molecule has 0 radical (unpaired) electrons. The SMILES string of the molecule is Cc1ccc(C(=O)N2CCO[C@@H](c3ccc(Cl)cc3)C2)n1C. The Hall–Kier alpha value is -1.78. The highest BCUT2D eigenvalue weighted by Gasteiger charge is 2.27. The first-order valence-electron chi connectivity index (χ1n) is 7.35. The van der Waals surface area contributed by atoms with Crippen molar-refractivity contribution in [3.05, 3.63) is 58.4 Å². The normalized spacial score (nSPS) is 18.5. The van der Waals surface area contributed by atoms with Crippen molar-refractivity contribution in [1.82, 2.24) is 9.47 Å². The van der Waals surface area contributed by atoms with E-state index < -0.39 is 0 Å². The fraction of sp³-hybridized carbons (Fsp3) is 0.353. The number of morpholine rings is 1. The Labute approximate surface area is 135 Å². The van der Waals surface area contributed by atoms with E-state index in [0.717, 1.165) is 11.3 Å². The fourth-order valence-corrected chi connectivity index (χ4v) is 2.83. The lowest BCUT2D eigenvalue weighted by Crippen LogP contribution is -2.42. The van der Waals surface area contributed by atoms with Crippen LogP contribution in [0, 0.1) is 6.92 Å². The Morgan fingerprint density at radius 1 is 1.23 bits per heavy atom. The number of hydrogen-bond donors (Lipinski definition) is 0. The van der Waals surface area contributed by atoms with Crippen molar-refractivity contribution in [2.75, 3.05) is 19.7 Å². The molecule has 0 bridgehead atoms. The number of ether oxygens (including phenoxy) is 1. The van der Waals surface area contributed by atoms with E-state index in [-0.39, 0.29) is 12.0 Å². The van der Waals surface area contributed by atoms with Gasteiger partial charge >= 0.3 is 0 Å². The van der Waals surface area contributed by atoms with E-state index in [9.17, 15) is 4.79 Å². The van der Waals surface area contributed by atoms with Gasteiger partial charge in [0.25, 0.3) is 5.91 Å². The molecule has 1 aliphatic rings. The second kappa shape index (κ2) is 6.15. The molecule has 1 amide bonds. The number of carbonyl (C=O) groups excluding carboxylic acids is 1. The van der Waals surface area contributed by atoms with E-state index in [4.69, 9.17) is 16.3 Å². The van der Waals surface area contributed by atoms with Gasteiger partial charge in [0.15, 0.2) is 0 Å². The van der Waals surface area contributed by atoms with Crippen molar-refractivity contribution < 1.29 is 9.53 Å². The largest absolute Gasteiger partial charge is 0.370 e. The summed E-state index contributed by atoms with van der Waals surface area (Å²) in [7, 11) is 1.92. The van der Waals surface area contributed by atoms with Crippen LogP contribution in [0.3, 0.4) is 0 Å². The molecule has 1 saturated heterocycles. The van der Waals surface area contributed by atoms with Crippen LogP contribution in [-0.4, -0.2) is 35.1 Å². The summed E-state index contributed by atoms with van der Waals surface area (Å²) in [6.45, 7) is 3.72. The van der Waals surface area contributed by atoms with E-state index in [0.29, 0.717) is 30.4 Å². The fourth-order valence-electron chi connectivity index (χ4n) is 2.70. The van der Waals surface area contributed by atoms with Crippen LogP contribution < -0.4 is 0 Å². The second-order valence-corrected chi connectivity index (χ2v) is 6.02. The lowest BCUT2D eigenvalue weighted by Gasteiger charge is -2.33. The summed E-state index contributed by atoms with van der Waals surface area (Å²) in [6.07, 6.45) is -0.101. The smallest absolute Gasteiger partial charge is 0.270 e. The first-order valence-corrected chi connectivity index (χ1v) is 7.72. The number of benzene rings is 1. The van der Waals surface area contributed by atoms with Gasteiger partial charge in [0, 0.05) is 24.3 Å². The van der Waals surface area contributed by atoms with Crippen molar-refractivity contribution in [2.45, 2.75) is 13.0 Å². The minimum atomic E-state index is -0.101. The zero-order chi connectivity index (χ0) is 15.7. The number of nitrogens with zero attached hydrogens (tertiary/aromatic N) is 2. The van der Waals surface area contributed by atoms with Crippen LogP contribution in [0.4, 0.5) is 0 Å². The Balaban J connectivity index is 1.76. The summed E-state index contributed by atoms with van der Waals surface area (Å²) in [5.74, 6) is 0.0536. The molecule has 2 heterocycles. The molecule has 1 aromatic carbocycles. The molecule has 22 heavy (non-hydrogen) atoms. The molecule has 0 saturated carbocycles. The first kappa shape index (κ1) is 15.1. The molecule has 1 fully saturated rings. The summed E-state index contributed by atoms with van der Waals surface area (Å²) < 4.78 is 7.74. The third kappa shape index (κ3) is 2.89. The van der Waals surface area contributed by atoms with Gasteiger partial charge in [0.05, 0.1) is 13.2 Å². The van der Waals surface area contributed by atoms with Crippen LogP contribution in [-0.2, 0) is 11.8 Å². The topological polar surface area (TPSA) is 34.5 Å². The number of amides is 1. The predicted octanol–water partition coefficient (Wildman–Crippen LogP) is 3.20. The van der Waals surface area contributed by atoms with E-state index in [2.05, 4.69) is 0 Å². The maximum Gasteiger partial charge on any atom is 0.270 e. The Morgan fingerprint density at radius 2 is 1.95 bits per heavy atom. The molecule has 0 unspecified atom stereocenters. The summed E-state index contributed by atoms with van der Waals surface area (Å²) in [5.41, 5.74) is 2.84. The van der Waals surface area contributed by atoms with Gasteiger partial charge in [-0.05, 0) is 36.8 Å². The van der Waals surface area contributed by atoms with Gasteiger partial charge in [0.2, 0.25) is 0 Å². The molecule has 4 nitrogen and oxygen atoms in total. The van der Waals surface area contributed by atoms with Crippen LogP contribution in [0.1, 0.15) is 27.8 Å². The standard InChI is InChI=1S/C17H19ClN2O2/c1-12-3-8-15(19(12)2)17(21)20-9-10-22-16(11-20)13-4-6-14(18)7-5-13/h3-8,16H,9-11H2,1-2H3/t16-/m1/s1. The Morgan fingerprint density at radius 3 is 2.59 bits per heavy atom. The molecule has 1 aliphatic heterocycles. The molecule has 116 valence electrons. The molecule has 2 aromatic rings. The van der Waals surface area contributed by atoms with Crippen molar-refractivity contribution in [2.24, 2.45) is 7.05 Å². The lowest BCUT2D eigenvalue weighted by atomic mass is 10.1. The molecule has 0 aliphatic carbocycles. The second-order valence-electron chi connectivity index (χ2n) is 5.58. The maximum absolute atomic E-state index is 12.7. The van der Waals surface area contributed by atoms with Gasteiger partial charge in [0.1, 0.15) is 11.8 Å². The van der Waals surface area contributed by atoms with Gasteiger partial charge in [-0.1, -0.05) is 23.7 Å². The van der Waals surface area contributed by atoms with Crippen LogP contribution >= 0.6 is 11.6 Å². The number of hydrogen-bond acceptors (Lipinski definition) is 2. The van der Waals surface area contributed by atoms with Crippen molar-refractivity contribution in [3.8, 4) is 0 Å². The quantitative estimate of drug-likeness (QED) is 0.852. The Kier molecular flexibility index (Phi) is 4.23. The molecule has 1 atom stereocenters. The zero-order valence-electron chi connectivity index (χ0n) is 12.8. The molecule has 3 rings (SSSR count). The number of carbonyl (C=O) groups is 1. The summed E-state index contributed by atoms with van der Waals surface area (Å²) >= 11 is 5.92. The average molecular weight is 319 g/mol. The number of aryl methyl sites for hydroxylation is 1. The van der Waals surface area contributed by atoms with E-state index in [1.807, 2.05) is 59.8 Å². The Bertz CT molecular complexity index is 678. The van der Waals surface area contributed by atoms with Crippen LogP contribution in [0.2, 0.25) is 5.02 Å². The number of rotatable bonds is 2. The lowest BCUT2D eigenvalue weighted by molar-refractivity contribution is -0.0231. The van der Waals surface area contributed by atoms with Crippen LogP contribution in [0.5, 0.6) is 0 Å². The molecular formula is C17H19ClN2O2. The highest BCUT2D eigenvalue weighted by molar-refractivity contribution is 6.30. The van der Waals surface area contributed by atoms with Crippen LogP contribution in [0.25, 0.3) is 0 Å². The molecule has 1 aromatic heterocycles. The molecule has 5 heteroatoms. The molecule has 0 spiro atoms. The van der Waals surface area contributed by atoms with Crippen molar-refractivity contribution >= 4 is 17.5 Å². The highest BCUT2D eigenvalue weighted by atomic mass is 35.5. The van der Waals surface area contributed by atoms with Gasteiger partial charge in [-0.25, -0.2) is 0 Å². The van der Waals surface area contributed by atoms with Gasteiger partial charge in [-0.2, -0.15) is 0 Å². The number of aromatic nitrogens is 1. The van der Waals surface area contributed by atoms with Crippen LogP contribution in [0.15, 0.2) is 36.4 Å². The van der Waals surface area contributed by atoms with Crippen molar-refractivity contribution in [1.29, 1.82) is 0 Å². The third-order valence-corrected chi connectivity index (χ3v) is 4.44. The van der Waals surface area contributed by atoms with Gasteiger partial charge < -0.3 is 14.2 Å². The minimum absolute atomic E-state index is 0.0536. The highest BCUT2D eigenvalue weighted by Crippen LogP contribution is 2.24. The monoisotopic (exact) mass is 318 g/mol. The van der Waals surface area contributed by atoms with E-state index in [1.54, 1.807) is 0 Å². The predicted molar refractivity (Wildman–Crippen MR) is 86.2 cm³/mol. The molecule has 0 N–H and O–H groups in total. The van der Waals surface area contributed by atoms with Gasteiger partial charge in [-0.3, -0.25) is 4.79 Å². The number of halogens is 1. The minimum Gasteiger partial charge on any atom is -0.370 e. The third-order valence-electron chi connectivity index (χ3n) is 4.19. The summed E-state index contributed by atoms with van der Waals surface area (Å²) in [5, 5.41) is 0.701. The average Bonchev–Trinajstić information content (AvgIpc) is 2.87. The van der Waals surface area contributed by atoms with Crippen molar-refractivity contribution in [3.63, 3.8) is 0 Å². The van der Waals surface area contributed by atoms with E-state index >= 15 is 0 Å². The maximum atomic E-state index is 12.7. The summed E-state index contributed by atoms with van der Waals surface area (Å²) in [6, 6.07) is 11.4. The first-order chi connectivity index (χ1) is 10.6. The van der Waals surface area contributed by atoms with E-state index in [1.165, 1.54) is 0 Å². The van der Waals surface area contributed by atoms with Gasteiger partial charge in [-0.15, -0.1) is 0 Å². The molecular weight excluding hydrogens is 300 g/mol. The summed E-state index contributed by atoms with van der Waals surface area (Å²) in [4.78, 5) is 14.6. The zero-order valence-corrected chi connectivity index (χ0v) is 13.5.